The lowest BCUT2D eigenvalue weighted by Crippen LogP contribution is -2.01. The number of hydrogen-bond acceptors (Lipinski definition) is 2. The molecule has 0 heterocycles. The summed E-state index contributed by atoms with van der Waals surface area (Å²) in [6, 6.07) is 8.51. The molecule has 0 aliphatic heterocycles. The van der Waals surface area contributed by atoms with Gasteiger partial charge in [-0.05, 0) is 12.1 Å². The summed E-state index contributed by atoms with van der Waals surface area (Å²) in [6.45, 7) is -0.0298. The lowest BCUT2D eigenvalue weighted by atomic mass is 10.2. The molecule has 0 aliphatic carbocycles. The molecular weight excluding hydrogens is 260 g/mol. The van der Waals surface area contributed by atoms with E-state index >= 15 is 0 Å². The Labute approximate surface area is 108 Å². The molecule has 18 heavy (non-hydrogen) atoms. The predicted octanol–water partition coefficient (Wildman–Crippen LogP) is 3.78. The number of halogens is 3. The number of nitrogen functional groups attached to an aromatic ring is 1. The molecule has 5 heteroatoms. The number of anilines is 1. The van der Waals surface area contributed by atoms with Gasteiger partial charge in [-0.15, -0.1) is 0 Å². The van der Waals surface area contributed by atoms with Gasteiger partial charge in [0.15, 0.2) is 0 Å². The fourth-order valence-corrected chi connectivity index (χ4v) is 1.61. The first-order valence-electron chi connectivity index (χ1n) is 5.18. The minimum atomic E-state index is -0.630. The van der Waals surface area contributed by atoms with Crippen molar-refractivity contribution in [2.24, 2.45) is 0 Å². The minimum Gasteiger partial charge on any atom is -0.487 e. The van der Waals surface area contributed by atoms with Crippen molar-refractivity contribution in [2.75, 3.05) is 5.73 Å². The van der Waals surface area contributed by atoms with Gasteiger partial charge in [-0.3, -0.25) is 0 Å². The first-order valence-corrected chi connectivity index (χ1v) is 5.56. The fourth-order valence-electron chi connectivity index (χ4n) is 1.44. The van der Waals surface area contributed by atoms with Gasteiger partial charge in [0.2, 0.25) is 0 Å². The van der Waals surface area contributed by atoms with Gasteiger partial charge in [-0.1, -0.05) is 29.8 Å². The molecule has 0 fully saturated rings. The molecule has 0 spiro atoms. The molecule has 0 unspecified atom stereocenters. The van der Waals surface area contributed by atoms with Crippen molar-refractivity contribution >= 4 is 17.3 Å². The average Bonchev–Trinajstić information content (AvgIpc) is 2.34. The van der Waals surface area contributed by atoms with Crippen LogP contribution >= 0.6 is 11.6 Å². The van der Waals surface area contributed by atoms with Crippen LogP contribution in [-0.2, 0) is 6.61 Å². The summed E-state index contributed by atoms with van der Waals surface area (Å²) >= 11 is 5.56. The molecule has 0 radical (unpaired) electrons. The molecule has 2 aromatic rings. The monoisotopic (exact) mass is 269 g/mol. The van der Waals surface area contributed by atoms with Crippen LogP contribution < -0.4 is 10.5 Å². The Balaban J connectivity index is 2.16. The normalized spacial score (nSPS) is 10.4. The number of hydrogen-bond donors (Lipinski definition) is 1. The van der Waals surface area contributed by atoms with Crippen LogP contribution in [0.3, 0.4) is 0 Å². The average molecular weight is 270 g/mol. The predicted molar refractivity (Wildman–Crippen MR) is 66.6 cm³/mol. The lowest BCUT2D eigenvalue weighted by Gasteiger charge is -2.10. The van der Waals surface area contributed by atoms with Crippen LogP contribution in [0.25, 0.3) is 0 Å². The highest BCUT2D eigenvalue weighted by Gasteiger charge is 2.08. The zero-order chi connectivity index (χ0) is 13.1. The van der Waals surface area contributed by atoms with E-state index in [4.69, 9.17) is 22.1 Å². The van der Waals surface area contributed by atoms with E-state index in [1.54, 1.807) is 18.2 Å². The van der Waals surface area contributed by atoms with Crippen molar-refractivity contribution in [3.63, 3.8) is 0 Å². The summed E-state index contributed by atoms with van der Waals surface area (Å²) in [5, 5.41) is -0.0780. The van der Waals surface area contributed by atoms with Gasteiger partial charge in [0, 0.05) is 11.6 Å². The highest BCUT2D eigenvalue weighted by atomic mass is 35.5. The standard InChI is InChI=1S/C13H10ClF2NO/c14-9-5-12(17)13(6-11(9)16)18-7-8-3-1-2-4-10(8)15/h1-6H,7,17H2. The van der Waals surface area contributed by atoms with E-state index in [1.165, 1.54) is 12.1 Å². The molecule has 2 N–H and O–H groups in total. The van der Waals surface area contributed by atoms with Crippen molar-refractivity contribution in [2.45, 2.75) is 6.61 Å². The maximum absolute atomic E-state index is 13.3. The zero-order valence-electron chi connectivity index (χ0n) is 9.29. The summed E-state index contributed by atoms with van der Waals surface area (Å²) in [5.74, 6) is -0.875. The molecule has 0 saturated carbocycles. The SMILES string of the molecule is Nc1cc(Cl)c(F)cc1OCc1ccccc1F. The smallest absolute Gasteiger partial charge is 0.145 e. The van der Waals surface area contributed by atoms with Crippen LogP contribution in [0, 0.1) is 11.6 Å². The van der Waals surface area contributed by atoms with Crippen LogP contribution in [0.2, 0.25) is 5.02 Å². The molecule has 2 aromatic carbocycles. The maximum atomic E-state index is 13.3. The maximum Gasteiger partial charge on any atom is 0.145 e. The van der Waals surface area contributed by atoms with Crippen LogP contribution in [0.1, 0.15) is 5.56 Å². The number of nitrogens with two attached hydrogens (primary N) is 1. The third-order valence-corrected chi connectivity index (χ3v) is 2.68. The Morgan fingerprint density at radius 2 is 1.83 bits per heavy atom. The van der Waals surface area contributed by atoms with Crippen LogP contribution in [0.4, 0.5) is 14.5 Å². The van der Waals surface area contributed by atoms with Gasteiger partial charge in [-0.2, -0.15) is 0 Å². The fraction of sp³-hybridized carbons (Fsp3) is 0.0769. The molecule has 94 valence electrons. The van der Waals surface area contributed by atoms with Gasteiger partial charge in [-0.25, -0.2) is 8.78 Å². The van der Waals surface area contributed by atoms with Gasteiger partial charge in [0.25, 0.3) is 0 Å². The van der Waals surface area contributed by atoms with E-state index in [1.807, 2.05) is 0 Å². The van der Waals surface area contributed by atoms with Crippen molar-refractivity contribution in [1.29, 1.82) is 0 Å². The quantitative estimate of drug-likeness (QED) is 0.861. The van der Waals surface area contributed by atoms with E-state index < -0.39 is 5.82 Å². The topological polar surface area (TPSA) is 35.2 Å². The molecule has 0 aliphatic rings. The Kier molecular flexibility index (Phi) is 3.67. The summed E-state index contributed by atoms with van der Waals surface area (Å²) < 4.78 is 31.8. The molecule has 2 rings (SSSR count). The van der Waals surface area contributed by atoms with Crippen molar-refractivity contribution < 1.29 is 13.5 Å². The summed E-state index contributed by atoms with van der Waals surface area (Å²) in [5.41, 5.74) is 6.20. The molecule has 0 aromatic heterocycles. The Morgan fingerprint density at radius 3 is 2.56 bits per heavy atom. The molecule has 0 amide bonds. The second kappa shape index (κ2) is 5.23. The Morgan fingerprint density at radius 1 is 1.11 bits per heavy atom. The number of benzene rings is 2. The van der Waals surface area contributed by atoms with Crippen LogP contribution in [-0.4, -0.2) is 0 Å². The van der Waals surface area contributed by atoms with Crippen LogP contribution in [0.15, 0.2) is 36.4 Å². The highest BCUT2D eigenvalue weighted by molar-refractivity contribution is 6.31. The second-order valence-electron chi connectivity index (χ2n) is 3.68. The first-order chi connectivity index (χ1) is 8.58. The third-order valence-electron chi connectivity index (χ3n) is 2.39. The summed E-state index contributed by atoms with van der Waals surface area (Å²) in [7, 11) is 0. The van der Waals surface area contributed by atoms with Gasteiger partial charge in [0.1, 0.15) is 24.0 Å². The van der Waals surface area contributed by atoms with Gasteiger partial charge in [0.05, 0.1) is 10.7 Å². The molecular formula is C13H10ClF2NO. The number of rotatable bonds is 3. The first kappa shape index (κ1) is 12.6. The van der Waals surface area contributed by atoms with E-state index in [0.717, 1.165) is 6.07 Å². The summed E-state index contributed by atoms with van der Waals surface area (Å²) in [6.07, 6.45) is 0. The van der Waals surface area contributed by atoms with Crippen molar-refractivity contribution in [3.05, 3.63) is 58.6 Å². The van der Waals surface area contributed by atoms with Crippen molar-refractivity contribution in [1.82, 2.24) is 0 Å². The minimum absolute atomic E-state index is 0.0298. The molecule has 0 saturated heterocycles. The van der Waals surface area contributed by atoms with Gasteiger partial charge >= 0.3 is 0 Å². The number of ether oxygens (including phenoxy) is 1. The third kappa shape index (κ3) is 2.71. The van der Waals surface area contributed by atoms with Crippen LogP contribution in [0.5, 0.6) is 5.75 Å². The van der Waals surface area contributed by atoms with Gasteiger partial charge < -0.3 is 10.5 Å². The molecule has 0 bridgehead atoms. The lowest BCUT2D eigenvalue weighted by molar-refractivity contribution is 0.300. The second-order valence-corrected chi connectivity index (χ2v) is 4.09. The van der Waals surface area contributed by atoms with E-state index in [9.17, 15) is 8.78 Å². The van der Waals surface area contributed by atoms with E-state index in [0.29, 0.717) is 5.56 Å². The van der Waals surface area contributed by atoms with E-state index in [-0.39, 0.29) is 28.9 Å². The largest absolute Gasteiger partial charge is 0.487 e. The molecule has 2 nitrogen and oxygen atoms in total. The zero-order valence-corrected chi connectivity index (χ0v) is 10.0. The Hall–Kier alpha value is -1.81. The Bertz CT molecular complexity index is 575. The van der Waals surface area contributed by atoms with Crippen molar-refractivity contribution in [3.8, 4) is 5.75 Å². The highest BCUT2D eigenvalue weighted by Crippen LogP contribution is 2.28. The van der Waals surface area contributed by atoms with E-state index in [2.05, 4.69) is 0 Å². The summed E-state index contributed by atoms with van der Waals surface area (Å²) in [4.78, 5) is 0. The molecule has 0 atom stereocenters.